The van der Waals surface area contributed by atoms with Crippen LogP contribution >= 0.6 is 11.6 Å². The lowest BCUT2D eigenvalue weighted by Crippen LogP contribution is -2.38. The molecule has 128 valence electrons. The van der Waals surface area contributed by atoms with Gasteiger partial charge in [0.1, 0.15) is 6.17 Å². The van der Waals surface area contributed by atoms with Crippen molar-refractivity contribution in [2.75, 3.05) is 19.0 Å². The second-order valence-corrected chi connectivity index (χ2v) is 5.52. The van der Waals surface area contributed by atoms with Gasteiger partial charge in [-0.05, 0) is 42.8 Å². The second-order valence-electron chi connectivity index (χ2n) is 5.08. The quantitative estimate of drug-likeness (QED) is 0.867. The van der Waals surface area contributed by atoms with Crippen molar-refractivity contribution in [2.24, 2.45) is 0 Å². The van der Waals surface area contributed by atoms with E-state index in [0.717, 1.165) is 11.3 Å². The number of hydrogen-bond donors (Lipinski definition) is 2. The SMILES string of the molecule is C.CCOc1ccc(C2NC(=O)c3cc(Cl)ccc3N2)cc1OC. The van der Waals surface area contributed by atoms with Crippen LogP contribution in [0.3, 0.4) is 0 Å². The molecule has 1 unspecified atom stereocenters. The molecule has 0 fully saturated rings. The number of rotatable bonds is 4. The molecule has 24 heavy (non-hydrogen) atoms. The van der Waals surface area contributed by atoms with E-state index in [2.05, 4.69) is 10.6 Å². The lowest BCUT2D eigenvalue weighted by Gasteiger charge is -2.28. The second kappa shape index (κ2) is 7.45. The number of methoxy groups -OCH3 is 1. The van der Waals surface area contributed by atoms with Crippen molar-refractivity contribution in [2.45, 2.75) is 20.5 Å². The van der Waals surface area contributed by atoms with E-state index in [9.17, 15) is 4.79 Å². The normalized spacial score (nSPS) is 15.5. The molecule has 5 nitrogen and oxygen atoms in total. The van der Waals surface area contributed by atoms with E-state index in [0.29, 0.717) is 28.7 Å². The topological polar surface area (TPSA) is 59.6 Å². The van der Waals surface area contributed by atoms with Crippen LogP contribution in [-0.4, -0.2) is 19.6 Å². The van der Waals surface area contributed by atoms with Gasteiger partial charge in [-0.25, -0.2) is 0 Å². The number of carbonyl (C=O) groups excluding carboxylic acids is 1. The molecule has 1 atom stereocenters. The first-order chi connectivity index (χ1) is 11.1. The third kappa shape index (κ3) is 3.41. The van der Waals surface area contributed by atoms with Gasteiger partial charge in [0, 0.05) is 10.7 Å². The third-order valence-corrected chi connectivity index (χ3v) is 3.86. The van der Waals surface area contributed by atoms with Gasteiger partial charge in [0.25, 0.3) is 5.91 Å². The van der Waals surface area contributed by atoms with Crippen LogP contribution in [0.2, 0.25) is 5.02 Å². The first-order valence-corrected chi connectivity index (χ1v) is 7.68. The Hall–Kier alpha value is -2.40. The van der Waals surface area contributed by atoms with Crippen molar-refractivity contribution >= 4 is 23.2 Å². The van der Waals surface area contributed by atoms with Crippen LogP contribution < -0.4 is 20.1 Å². The molecule has 0 saturated carbocycles. The largest absolute Gasteiger partial charge is 0.493 e. The van der Waals surface area contributed by atoms with E-state index >= 15 is 0 Å². The Morgan fingerprint density at radius 2 is 1.92 bits per heavy atom. The summed E-state index contributed by atoms with van der Waals surface area (Å²) >= 11 is 5.94. The van der Waals surface area contributed by atoms with Crippen LogP contribution in [0.4, 0.5) is 5.69 Å². The summed E-state index contributed by atoms with van der Waals surface area (Å²) in [5.41, 5.74) is 2.15. The number of amides is 1. The van der Waals surface area contributed by atoms with Gasteiger partial charge in [-0.3, -0.25) is 4.79 Å². The molecule has 0 spiro atoms. The predicted molar refractivity (Wildman–Crippen MR) is 96.2 cm³/mol. The summed E-state index contributed by atoms with van der Waals surface area (Å²) in [6, 6.07) is 10.8. The lowest BCUT2D eigenvalue weighted by molar-refractivity contribution is 0.0935. The number of anilines is 1. The Morgan fingerprint density at radius 1 is 1.12 bits per heavy atom. The maximum absolute atomic E-state index is 12.3. The van der Waals surface area contributed by atoms with Crippen molar-refractivity contribution in [3.63, 3.8) is 0 Å². The fraction of sp³-hybridized carbons (Fsp3) is 0.278. The van der Waals surface area contributed by atoms with Crippen LogP contribution in [-0.2, 0) is 0 Å². The zero-order valence-electron chi connectivity index (χ0n) is 12.9. The van der Waals surface area contributed by atoms with Crippen molar-refractivity contribution in [3.05, 3.63) is 52.5 Å². The third-order valence-electron chi connectivity index (χ3n) is 3.62. The van der Waals surface area contributed by atoms with E-state index in [1.165, 1.54) is 0 Å². The Kier molecular flexibility index (Phi) is 5.57. The van der Waals surface area contributed by atoms with Crippen molar-refractivity contribution in [1.82, 2.24) is 5.32 Å². The molecule has 2 aromatic rings. The Bertz CT molecular complexity index is 749. The highest BCUT2D eigenvalue weighted by molar-refractivity contribution is 6.31. The number of carbonyl (C=O) groups is 1. The van der Waals surface area contributed by atoms with E-state index in [1.807, 2.05) is 25.1 Å². The van der Waals surface area contributed by atoms with Gasteiger partial charge >= 0.3 is 0 Å². The van der Waals surface area contributed by atoms with E-state index in [4.69, 9.17) is 21.1 Å². The molecular formula is C18H21ClN2O3. The molecule has 2 aromatic carbocycles. The number of halogens is 1. The summed E-state index contributed by atoms with van der Waals surface area (Å²) in [7, 11) is 1.59. The summed E-state index contributed by atoms with van der Waals surface area (Å²) < 4.78 is 10.9. The number of hydrogen-bond acceptors (Lipinski definition) is 4. The highest BCUT2D eigenvalue weighted by Crippen LogP contribution is 2.33. The number of nitrogens with one attached hydrogen (secondary N) is 2. The molecule has 1 amide bonds. The van der Waals surface area contributed by atoms with Gasteiger partial charge in [0.2, 0.25) is 0 Å². The van der Waals surface area contributed by atoms with Crippen molar-refractivity contribution in [1.29, 1.82) is 0 Å². The summed E-state index contributed by atoms with van der Waals surface area (Å²) in [5, 5.41) is 6.73. The molecule has 0 aromatic heterocycles. The average molecular weight is 349 g/mol. The molecular weight excluding hydrogens is 328 g/mol. The molecule has 0 radical (unpaired) electrons. The smallest absolute Gasteiger partial charge is 0.255 e. The van der Waals surface area contributed by atoms with E-state index in [-0.39, 0.29) is 19.5 Å². The summed E-state index contributed by atoms with van der Waals surface area (Å²) in [5.74, 6) is 1.13. The number of ether oxygens (including phenoxy) is 2. The summed E-state index contributed by atoms with van der Waals surface area (Å²) in [4.78, 5) is 12.3. The monoisotopic (exact) mass is 348 g/mol. The van der Waals surface area contributed by atoms with Crippen LogP contribution in [0.1, 0.15) is 36.4 Å². The van der Waals surface area contributed by atoms with Crippen LogP contribution in [0, 0.1) is 0 Å². The average Bonchev–Trinajstić information content (AvgIpc) is 2.56. The fourth-order valence-electron chi connectivity index (χ4n) is 2.54. The van der Waals surface area contributed by atoms with Gasteiger partial charge < -0.3 is 20.1 Å². The molecule has 2 N–H and O–H groups in total. The molecule has 3 rings (SSSR count). The molecule has 6 heteroatoms. The highest BCUT2D eigenvalue weighted by atomic mass is 35.5. The number of benzene rings is 2. The standard InChI is InChI=1S/C17H17ClN2O3.CH4/c1-3-23-14-7-4-10(8-15(14)22-2)16-19-13-6-5-11(18)9-12(13)17(21)20-16;/h4-9,16,19H,3H2,1-2H3,(H,20,21);1H4. The fourth-order valence-corrected chi connectivity index (χ4v) is 2.71. The van der Waals surface area contributed by atoms with Gasteiger partial charge in [-0.1, -0.05) is 25.1 Å². The highest BCUT2D eigenvalue weighted by Gasteiger charge is 2.25. The van der Waals surface area contributed by atoms with Gasteiger partial charge in [0.05, 0.1) is 19.3 Å². The molecule has 1 heterocycles. The summed E-state index contributed by atoms with van der Waals surface area (Å²) in [6.45, 7) is 2.47. The van der Waals surface area contributed by atoms with Crippen LogP contribution in [0.5, 0.6) is 11.5 Å². The Labute approximate surface area is 146 Å². The van der Waals surface area contributed by atoms with Crippen molar-refractivity contribution < 1.29 is 14.3 Å². The van der Waals surface area contributed by atoms with E-state index in [1.54, 1.807) is 25.3 Å². The minimum atomic E-state index is -0.347. The molecule has 1 aliphatic rings. The maximum Gasteiger partial charge on any atom is 0.255 e. The van der Waals surface area contributed by atoms with Gasteiger partial charge in [0.15, 0.2) is 11.5 Å². The maximum atomic E-state index is 12.3. The van der Waals surface area contributed by atoms with Crippen LogP contribution in [0.25, 0.3) is 0 Å². The first kappa shape index (κ1) is 17.9. The first-order valence-electron chi connectivity index (χ1n) is 7.30. The minimum Gasteiger partial charge on any atom is -0.493 e. The zero-order chi connectivity index (χ0) is 16.4. The Morgan fingerprint density at radius 3 is 2.62 bits per heavy atom. The van der Waals surface area contributed by atoms with Gasteiger partial charge in [-0.15, -0.1) is 0 Å². The molecule has 0 bridgehead atoms. The zero-order valence-corrected chi connectivity index (χ0v) is 13.6. The molecule has 1 aliphatic heterocycles. The van der Waals surface area contributed by atoms with E-state index < -0.39 is 0 Å². The van der Waals surface area contributed by atoms with Crippen molar-refractivity contribution in [3.8, 4) is 11.5 Å². The van der Waals surface area contributed by atoms with Crippen LogP contribution in [0.15, 0.2) is 36.4 Å². The van der Waals surface area contributed by atoms with Gasteiger partial charge in [-0.2, -0.15) is 0 Å². The number of fused-ring (bicyclic) bond motifs is 1. The molecule has 0 aliphatic carbocycles. The Balaban J connectivity index is 0.00000208. The lowest BCUT2D eigenvalue weighted by atomic mass is 10.1. The predicted octanol–water partition coefficient (Wildman–Crippen LogP) is 4.24. The minimum absolute atomic E-state index is 0. The molecule has 0 saturated heterocycles. The summed E-state index contributed by atoms with van der Waals surface area (Å²) in [6.07, 6.45) is -0.347.